The number of benzene rings is 2. The van der Waals surface area contributed by atoms with E-state index in [1.165, 1.54) is 19.3 Å². The first-order valence-corrected chi connectivity index (χ1v) is 10.1. The number of carbonyl (C=O) groups excluding carboxylic acids is 1. The number of unbranched alkanes of at least 4 members (excludes halogenated alkanes) is 3. The van der Waals surface area contributed by atoms with Gasteiger partial charge in [0.1, 0.15) is 0 Å². The van der Waals surface area contributed by atoms with Crippen molar-refractivity contribution in [2.75, 3.05) is 13.1 Å². The zero-order chi connectivity index (χ0) is 19.5. The SMILES string of the molecule is CCCCCCN=C(CNC(=O)c1ccccc1)Cc1ccc(Cl)c(Cl)c1. The van der Waals surface area contributed by atoms with E-state index in [-0.39, 0.29) is 5.91 Å². The first-order chi connectivity index (χ1) is 13.1. The molecule has 3 nitrogen and oxygen atoms in total. The molecule has 0 atom stereocenters. The number of nitrogens with one attached hydrogen (secondary N) is 1. The minimum Gasteiger partial charge on any atom is -0.347 e. The summed E-state index contributed by atoms with van der Waals surface area (Å²) in [6.07, 6.45) is 5.30. The van der Waals surface area contributed by atoms with Crippen LogP contribution in [-0.2, 0) is 6.42 Å². The lowest BCUT2D eigenvalue weighted by Crippen LogP contribution is -2.30. The quantitative estimate of drug-likeness (QED) is 0.383. The van der Waals surface area contributed by atoms with Crippen LogP contribution in [-0.4, -0.2) is 24.7 Å². The molecule has 0 saturated heterocycles. The largest absolute Gasteiger partial charge is 0.347 e. The molecule has 27 heavy (non-hydrogen) atoms. The normalized spacial score (nSPS) is 11.4. The van der Waals surface area contributed by atoms with Crippen LogP contribution in [0, 0.1) is 0 Å². The van der Waals surface area contributed by atoms with Gasteiger partial charge in [-0.05, 0) is 36.2 Å². The molecule has 1 N–H and O–H groups in total. The standard InChI is InChI=1S/C22H26Cl2N2O/c1-2-3-4-8-13-25-19(14-17-11-12-20(23)21(24)15-17)16-26-22(27)18-9-6-5-7-10-18/h5-7,9-12,15H,2-4,8,13-14,16H2,1H3,(H,26,27). The van der Waals surface area contributed by atoms with E-state index in [0.717, 1.165) is 24.2 Å². The number of nitrogens with zero attached hydrogens (tertiary/aromatic N) is 1. The molecule has 0 aromatic heterocycles. The number of carbonyl (C=O) groups is 1. The van der Waals surface area contributed by atoms with Gasteiger partial charge in [-0.15, -0.1) is 0 Å². The maximum atomic E-state index is 12.3. The third-order valence-corrected chi connectivity index (χ3v) is 4.97. The summed E-state index contributed by atoms with van der Waals surface area (Å²) in [5.74, 6) is -0.0941. The maximum Gasteiger partial charge on any atom is 0.251 e. The van der Waals surface area contributed by atoms with E-state index in [9.17, 15) is 4.79 Å². The van der Waals surface area contributed by atoms with Gasteiger partial charge in [0, 0.05) is 24.2 Å². The number of aliphatic imine (C=N–C) groups is 1. The van der Waals surface area contributed by atoms with Gasteiger partial charge >= 0.3 is 0 Å². The van der Waals surface area contributed by atoms with Crippen molar-refractivity contribution < 1.29 is 4.79 Å². The Bertz CT molecular complexity index is 760. The minimum atomic E-state index is -0.0941. The second kappa shape index (κ2) is 11.8. The third kappa shape index (κ3) is 7.74. The Morgan fingerprint density at radius 1 is 1.00 bits per heavy atom. The van der Waals surface area contributed by atoms with E-state index < -0.39 is 0 Å². The van der Waals surface area contributed by atoms with E-state index in [2.05, 4.69) is 12.2 Å². The number of hydrogen-bond donors (Lipinski definition) is 1. The van der Waals surface area contributed by atoms with Gasteiger partial charge in [0.2, 0.25) is 0 Å². The lowest BCUT2D eigenvalue weighted by Gasteiger charge is -2.10. The fourth-order valence-electron chi connectivity index (χ4n) is 2.71. The van der Waals surface area contributed by atoms with Crippen molar-refractivity contribution in [1.82, 2.24) is 5.32 Å². The average Bonchev–Trinajstić information content (AvgIpc) is 2.69. The molecule has 0 aliphatic heterocycles. The van der Waals surface area contributed by atoms with Gasteiger partial charge in [-0.1, -0.05) is 73.7 Å². The zero-order valence-electron chi connectivity index (χ0n) is 15.7. The van der Waals surface area contributed by atoms with Gasteiger partial charge in [-0.2, -0.15) is 0 Å². The molecule has 0 aliphatic rings. The van der Waals surface area contributed by atoms with Crippen LogP contribution in [0.25, 0.3) is 0 Å². The molecule has 2 aromatic rings. The summed E-state index contributed by atoms with van der Waals surface area (Å²) >= 11 is 12.1. The van der Waals surface area contributed by atoms with Crippen LogP contribution in [0.2, 0.25) is 10.0 Å². The smallest absolute Gasteiger partial charge is 0.251 e. The fraction of sp³-hybridized carbons (Fsp3) is 0.364. The minimum absolute atomic E-state index is 0.0941. The van der Waals surface area contributed by atoms with Crippen molar-refractivity contribution in [1.29, 1.82) is 0 Å². The molecular weight excluding hydrogens is 379 g/mol. The van der Waals surface area contributed by atoms with Crippen molar-refractivity contribution in [3.05, 3.63) is 69.7 Å². The topological polar surface area (TPSA) is 41.5 Å². The van der Waals surface area contributed by atoms with Crippen LogP contribution >= 0.6 is 23.2 Å². The summed E-state index contributed by atoms with van der Waals surface area (Å²) in [4.78, 5) is 17.0. The molecule has 0 unspecified atom stereocenters. The highest BCUT2D eigenvalue weighted by atomic mass is 35.5. The van der Waals surface area contributed by atoms with Crippen LogP contribution < -0.4 is 5.32 Å². The Hall–Kier alpha value is -1.84. The Labute approximate surface area is 171 Å². The molecule has 2 rings (SSSR count). The molecular formula is C22H26Cl2N2O. The van der Waals surface area contributed by atoms with Crippen LogP contribution in [0.5, 0.6) is 0 Å². The summed E-state index contributed by atoms with van der Waals surface area (Å²) in [6.45, 7) is 3.39. The molecule has 0 spiro atoms. The van der Waals surface area contributed by atoms with E-state index in [0.29, 0.717) is 28.6 Å². The summed E-state index contributed by atoms with van der Waals surface area (Å²) < 4.78 is 0. The highest BCUT2D eigenvalue weighted by molar-refractivity contribution is 6.42. The molecule has 0 heterocycles. The molecule has 5 heteroatoms. The second-order valence-electron chi connectivity index (χ2n) is 6.48. The summed E-state index contributed by atoms with van der Waals surface area (Å²) in [6, 6.07) is 14.8. The van der Waals surface area contributed by atoms with Gasteiger partial charge in [-0.25, -0.2) is 0 Å². The predicted molar refractivity (Wildman–Crippen MR) is 115 cm³/mol. The van der Waals surface area contributed by atoms with Crippen molar-refractivity contribution in [2.24, 2.45) is 4.99 Å². The molecule has 0 fully saturated rings. The fourth-order valence-corrected chi connectivity index (χ4v) is 3.03. The van der Waals surface area contributed by atoms with Crippen molar-refractivity contribution in [3.63, 3.8) is 0 Å². The number of halogens is 2. The molecule has 0 aliphatic carbocycles. The third-order valence-electron chi connectivity index (χ3n) is 4.23. The highest BCUT2D eigenvalue weighted by Gasteiger charge is 2.08. The van der Waals surface area contributed by atoms with Crippen LogP contribution in [0.3, 0.4) is 0 Å². The number of amides is 1. The first kappa shape index (κ1) is 21.5. The Kier molecular flexibility index (Phi) is 9.37. The summed E-state index contributed by atoms with van der Waals surface area (Å²) in [5, 5.41) is 4.04. The maximum absolute atomic E-state index is 12.3. The van der Waals surface area contributed by atoms with E-state index in [1.807, 2.05) is 30.3 Å². The summed E-state index contributed by atoms with van der Waals surface area (Å²) in [5.41, 5.74) is 2.62. The lowest BCUT2D eigenvalue weighted by atomic mass is 10.1. The van der Waals surface area contributed by atoms with Gasteiger partial charge in [0.15, 0.2) is 0 Å². The summed E-state index contributed by atoms with van der Waals surface area (Å²) in [7, 11) is 0. The van der Waals surface area contributed by atoms with Gasteiger partial charge in [0.25, 0.3) is 5.91 Å². The van der Waals surface area contributed by atoms with Gasteiger partial charge < -0.3 is 5.32 Å². The Morgan fingerprint density at radius 2 is 1.78 bits per heavy atom. The van der Waals surface area contributed by atoms with Gasteiger partial charge in [0.05, 0.1) is 16.6 Å². The van der Waals surface area contributed by atoms with E-state index in [1.54, 1.807) is 18.2 Å². The van der Waals surface area contributed by atoms with E-state index in [4.69, 9.17) is 28.2 Å². The Morgan fingerprint density at radius 3 is 2.48 bits per heavy atom. The molecule has 144 valence electrons. The lowest BCUT2D eigenvalue weighted by molar-refractivity contribution is 0.0959. The van der Waals surface area contributed by atoms with E-state index >= 15 is 0 Å². The van der Waals surface area contributed by atoms with Crippen molar-refractivity contribution in [3.8, 4) is 0 Å². The van der Waals surface area contributed by atoms with Crippen LogP contribution in [0.1, 0.15) is 48.5 Å². The molecule has 0 bridgehead atoms. The first-order valence-electron chi connectivity index (χ1n) is 9.39. The molecule has 2 aromatic carbocycles. The highest BCUT2D eigenvalue weighted by Crippen LogP contribution is 2.23. The van der Waals surface area contributed by atoms with Crippen LogP contribution in [0.15, 0.2) is 53.5 Å². The second-order valence-corrected chi connectivity index (χ2v) is 7.30. The number of hydrogen-bond acceptors (Lipinski definition) is 2. The monoisotopic (exact) mass is 404 g/mol. The van der Waals surface area contributed by atoms with Gasteiger partial charge in [-0.3, -0.25) is 9.79 Å². The van der Waals surface area contributed by atoms with Crippen molar-refractivity contribution >= 4 is 34.8 Å². The Balaban J connectivity index is 2.00. The predicted octanol–water partition coefficient (Wildman–Crippen LogP) is 5.99. The van der Waals surface area contributed by atoms with Crippen LogP contribution in [0.4, 0.5) is 0 Å². The molecule has 0 radical (unpaired) electrons. The average molecular weight is 405 g/mol. The number of rotatable bonds is 10. The molecule has 1 amide bonds. The van der Waals surface area contributed by atoms with Crippen molar-refractivity contribution in [2.45, 2.75) is 39.0 Å². The molecule has 0 saturated carbocycles. The zero-order valence-corrected chi connectivity index (χ0v) is 17.2.